The van der Waals surface area contributed by atoms with Gasteiger partial charge in [-0.05, 0) is 0 Å². The standard InChI is InChI=1S/C17H24N5O12P3/c1-2-6-30-12-7-14(22-8-11(4-3-5-18)15-16(19)20-10-21-17(15)22)32-13(12)9-31-36(26,27)34-37(28,29)33-35(23,24)25/h2,8,10,12-14H,1,5-7,9,18H2,(H,26,27)(H,28,29)(H2,19,20,21)(H2,23,24,25). The molecule has 3 rings (SSSR count). The van der Waals surface area contributed by atoms with Crippen LogP contribution in [0.1, 0.15) is 18.2 Å². The smallest absolute Gasteiger partial charge is 0.383 e. The van der Waals surface area contributed by atoms with Crippen molar-refractivity contribution in [2.75, 3.05) is 25.5 Å². The van der Waals surface area contributed by atoms with Crippen molar-refractivity contribution in [1.29, 1.82) is 0 Å². The summed E-state index contributed by atoms with van der Waals surface area (Å²) >= 11 is 0. The third kappa shape index (κ3) is 8.00. The number of hydrogen-bond donors (Lipinski definition) is 6. The highest BCUT2D eigenvalue weighted by atomic mass is 31.3. The van der Waals surface area contributed by atoms with Crippen molar-refractivity contribution in [3.05, 3.63) is 30.7 Å². The first-order valence-corrected chi connectivity index (χ1v) is 14.7. The van der Waals surface area contributed by atoms with Crippen LogP contribution in [0.4, 0.5) is 5.82 Å². The second-order valence-corrected chi connectivity index (χ2v) is 11.7. The molecule has 1 saturated heterocycles. The minimum atomic E-state index is -5.67. The fourth-order valence-corrected chi connectivity index (χ4v) is 6.46. The predicted octanol–water partition coefficient (Wildman–Crippen LogP) is 0.526. The van der Waals surface area contributed by atoms with E-state index in [0.717, 1.165) is 0 Å². The van der Waals surface area contributed by atoms with E-state index in [1.807, 2.05) is 0 Å². The van der Waals surface area contributed by atoms with Crippen LogP contribution in [0.2, 0.25) is 0 Å². The molecule has 0 bridgehead atoms. The van der Waals surface area contributed by atoms with E-state index in [9.17, 15) is 23.5 Å². The zero-order valence-corrected chi connectivity index (χ0v) is 21.6. The molecule has 37 heavy (non-hydrogen) atoms. The number of nitrogen functional groups attached to an aromatic ring is 1. The fraction of sp³-hybridized carbons (Fsp3) is 0.412. The van der Waals surface area contributed by atoms with E-state index in [1.54, 1.807) is 10.8 Å². The summed E-state index contributed by atoms with van der Waals surface area (Å²) in [5.74, 6) is 5.78. The van der Waals surface area contributed by atoms with Crippen molar-refractivity contribution in [3.8, 4) is 11.8 Å². The van der Waals surface area contributed by atoms with E-state index < -0.39 is 48.5 Å². The Morgan fingerprint density at radius 3 is 2.59 bits per heavy atom. The minimum Gasteiger partial charge on any atom is -0.383 e. The fourth-order valence-electron chi connectivity index (χ4n) is 3.43. The van der Waals surface area contributed by atoms with Crippen LogP contribution in [-0.4, -0.2) is 66.1 Å². The van der Waals surface area contributed by atoms with Crippen molar-refractivity contribution < 1.29 is 55.9 Å². The third-order valence-electron chi connectivity index (χ3n) is 4.70. The Balaban J connectivity index is 1.82. The number of phosphoric ester groups is 1. The number of rotatable bonds is 11. The number of anilines is 1. The number of nitrogens with two attached hydrogens (primary N) is 2. The number of hydrogen-bond acceptors (Lipinski definition) is 12. The molecule has 1 aliphatic heterocycles. The van der Waals surface area contributed by atoms with Crippen molar-refractivity contribution in [2.24, 2.45) is 5.73 Å². The normalized spacial score (nSPS) is 23.2. The number of phosphoric acid groups is 3. The molecule has 204 valence electrons. The lowest BCUT2D eigenvalue weighted by molar-refractivity contribution is -0.0549. The van der Waals surface area contributed by atoms with Gasteiger partial charge in [-0.25, -0.2) is 23.7 Å². The number of nitrogens with zero attached hydrogens (tertiary/aromatic N) is 3. The van der Waals surface area contributed by atoms with Crippen molar-refractivity contribution >= 4 is 40.3 Å². The van der Waals surface area contributed by atoms with Crippen molar-refractivity contribution in [2.45, 2.75) is 24.9 Å². The highest BCUT2D eigenvalue weighted by Gasteiger charge is 2.43. The lowest BCUT2D eigenvalue weighted by Crippen LogP contribution is -2.29. The molecule has 0 saturated carbocycles. The van der Waals surface area contributed by atoms with E-state index in [1.165, 1.54) is 12.4 Å². The summed E-state index contributed by atoms with van der Waals surface area (Å²) in [4.78, 5) is 44.6. The van der Waals surface area contributed by atoms with Gasteiger partial charge in [-0.15, -0.1) is 6.58 Å². The van der Waals surface area contributed by atoms with Gasteiger partial charge in [-0.3, -0.25) is 4.52 Å². The summed E-state index contributed by atoms with van der Waals surface area (Å²) in [6, 6.07) is 0. The van der Waals surface area contributed by atoms with Gasteiger partial charge in [-0.2, -0.15) is 8.62 Å². The molecule has 0 radical (unpaired) electrons. The molecule has 2 aromatic heterocycles. The Morgan fingerprint density at radius 1 is 1.22 bits per heavy atom. The third-order valence-corrected chi connectivity index (χ3v) is 8.50. The average Bonchev–Trinajstić information content (AvgIpc) is 3.34. The minimum absolute atomic E-state index is 0.0846. The zero-order valence-electron chi connectivity index (χ0n) is 18.9. The molecule has 5 unspecified atom stereocenters. The molecule has 20 heteroatoms. The first-order valence-electron chi connectivity index (χ1n) is 10.2. The van der Waals surface area contributed by atoms with Gasteiger partial charge in [0.05, 0.1) is 36.8 Å². The van der Waals surface area contributed by atoms with Crippen molar-refractivity contribution in [3.63, 3.8) is 0 Å². The van der Waals surface area contributed by atoms with E-state index in [-0.39, 0.29) is 25.4 Å². The number of aromatic nitrogens is 3. The summed E-state index contributed by atoms with van der Waals surface area (Å²) < 4.78 is 59.9. The molecule has 0 spiro atoms. The van der Waals surface area contributed by atoms with Gasteiger partial charge in [0.1, 0.15) is 30.1 Å². The maximum absolute atomic E-state index is 12.1. The Labute approximate surface area is 209 Å². The Bertz CT molecular complexity index is 1350. The van der Waals surface area contributed by atoms with Gasteiger partial charge in [0.2, 0.25) is 0 Å². The average molecular weight is 583 g/mol. The molecule has 1 aliphatic rings. The highest BCUT2D eigenvalue weighted by Crippen LogP contribution is 2.66. The molecule has 0 aliphatic carbocycles. The second kappa shape index (κ2) is 11.8. The van der Waals surface area contributed by atoms with E-state index >= 15 is 0 Å². The molecule has 8 N–H and O–H groups in total. The van der Waals surface area contributed by atoms with Crippen LogP contribution >= 0.6 is 23.5 Å². The van der Waals surface area contributed by atoms with E-state index in [0.29, 0.717) is 16.6 Å². The van der Waals surface area contributed by atoms with E-state index in [4.69, 9.17) is 35.3 Å². The Kier molecular flexibility index (Phi) is 9.44. The molecular weight excluding hydrogens is 559 g/mol. The van der Waals surface area contributed by atoms with Crippen LogP contribution in [0.25, 0.3) is 11.0 Å². The van der Waals surface area contributed by atoms with Crippen LogP contribution in [-0.2, 0) is 36.3 Å². The molecule has 0 amide bonds. The van der Waals surface area contributed by atoms with Gasteiger partial charge >= 0.3 is 23.5 Å². The molecule has 0 aromatic carbocycles. The first-order chi connectivity index (χ1) is 17.3. The summed E-state index contributed by atoms with van der Waals surface area (Å²) in [5, 5.41) is 0.465. The maximum atomic E-state index is 12.1. The summed E-state index contributed by atoms with van der Waals surface area (Å²) in [7, 11) is -16.6. The SMILES string of the molecule is C=CCOC1CC(n2cc(C#CCN)c3c(N)ncnc32)OC1COP(=O)(O)OP(=O)(O)OP(=O)(O)O. The molecule has 5 atom stereocenters. The predicted molar refractivity (Wildman–Crippen MR) is 126 cm³/mol. The number of ether oxygens (including phenoxy) is 2. The summed E-state index contributed by atoms with van der Waals surface area (Å²) in [6.07, 6.45) is 2.02. The number of fused-ring (bicyclic) bond motifs is 1. The summed E-state index contributed by atoms with van der Waals surface area (Å²) in [6.45, 7) is 3.05. The lowest BCUT2D eigenvalue weighted by atomic mass is 10.2. The van der Waals surface area contributed by atoms with E-state index in [2.05, 4.69) is 37.0 Å². The first kappa shape index (κ1) is 29.6. The zero-order chi connectivity index (χ0) is 27.4. The van der Waals surface area contributed by atoms with Gasteiger partial charge in [0, 0.05) is 12.6 Å². The van der Waals surface area contributed by atoms with Crippen LogP contribution in [0, 0.1) is 11.8 Å². The Hall–Kier alpha value is -1.99. The van der Waals surface area contributed by atoms with Gasteiger partial charge < -0.3 is 45.1 Å². The van der Waals surface area contributed by atoms with Crippen molar-refractivity contribution in [1.82, 2.24) is 14.5 Å². The highest BCUT2D eigenvalue weighted by molar-refractivity contribution is 7.66. The Morgan fingerprint density at radius 2 is 1.95 bits per heavy atom. The van der Waals surface area contributed by atoms with Crippen LogP contribution in [0.15, 0.2) is 25.2 Å². The quantitative estimate of drug-likeness (QED) is 0.120. The lowest BCUT2D eigenvalue weighted by Gasteiger charge is -2.21. The molecule has 1 fully saturated rings. The molecule has 2 aromatic rings. The molecule has 3 heterocycles. The molecular formula is C17H24N5O12P3. The monoisotopic (exact) mass is 583 g/mol. The van der Waals surface area contributed by atoms with Gasteiger partial charge in [-0.1, -0.05) is 17.9 Å². The topological polar surface area (TPSA) is 261 Å². The van der Waals surface area contributed by atoms with Crippen LogP contribution < -0.4 is 11.5 Å². The van der Waals surface area contributed by atoms with Gasteiger partial charge in [0.15, 0.2) is 0 Å². The maximum Gasteiger partial charge on any atom is 0.490 e. The van der Waals surface area contributed by atoms with Gasteiger partial charge in [0.25, 0.3) is 0 Å². The largest absolute Gasteiger partial charge is 0.490 e. The van der Waals surface area contributed by atoms with Crippen LogP contribution in [0.3, 0.4) is 0 Å². The van der Waals surface area contributed by atoms with Crippen LogP contribution in [0.5, 0.6) is 0 Å². The summed E-state index contributed by atoms with van der Waals surface area (Å²) in [5.41, 5.74) is 12.4. The molecule has 17 nitrogen and oxygen atoms in total. The second-order valence-electron chi connectivity index (χ2n) is 7.33.